The first-order valence-electron chi connectivity index (χ1n) is 8.10. The van der Waals surface area contributed by atoms with Gasteiger partial charge < -0.3 is 5.32 Å². The number of hydrogen-bond acceptors (Lipinski definition) is 4. The lowest BCUT2D eigenvalue weighted by Gasteiger charge is -2.19. The van der Waals surface area contributed by atoms with Gasteiger partial charge in [-0.25, -0.2) is 4.68 Å². The average molecular weight is 354 g/mol. The molecule has 1 fully saturated rings. The van der Waals surface area contributed by atoms with Crippen LogP contribution in [0.5, 0.6) is 0 Å². The number of tetrazole rings is 1. The Kier molecular flexibility index (Phi) is 4.19. The molecule has 3 aromatic rings. The maximum Gasteiger partial charge on any atom is 0.251 e. The summed E-state index contributed by atoms with van der Waals surface area (Å²) in [5, 5.41) is 14.9. The second-order valence-corrected chi connectivity index (χ2v) is 6.58. The zero-order valence-corrected chi connectivity index (χ0v) is 14.1. The zero-order chi connectivity index (χ0) is 17.2. The summed E-state index contributed by atoms with van der Waals surface area (Å²) in [5.41, 5.74) is 2.50. The third-order valence-corrected chi connectivity index (χ3v) is 4.60. The van der Waals surface area contributed by atoms with Gasteiger partial charge in [0.1, 0.15) is 6.33 Å². The Labute approximate surface area is 149 Å². The number of carbonyl (C=O) groups is 1. The predicted octanol–water partition coefficient (Wildman–Crippen LogP) is 3.20. The Morgan fingerprint density at radius 3 is 2.44 bits per heavy atom. The van der Waals surface area contributed by atoms with E-state index in [2.05, 4.69) is 20.8 Å². The van der Waals surface area contributed by atoms with E-state index in [0.29, 0.717) is 16.5 Å². The molecule has 1 saturated carbocycles. The topological polar surface area (TPSA) is 72.7 Å². The number of nitrogens with one attached hydrogen (secondary N) is 1. The highest BCUT2D eigenvalue weighted by molar-refractivity contribution is 6.30. The molecule has 0 radical (unpaired) electrons. The van der Waals surface area contributed by atoms with E-state index in [0.717, 1.165) is 24.1 Å². The van der Waals surface area contributed by atoms with Gasteiger partial charge in [-0.3, -0.25) is 4.79 Å². The lowest BCUT2D eigenvalue weighted by atomic mass is 10.0. The molecule has 0 bridgehead atoms. The molecule has 1 heterocycles. The van der Waals surface area contributed by atoms with Gasteiger partial charge in [-0.1, -0.05) is 23.7 Å². The Hall–Kier alpha value is -2.73. The number of halogens is 1. The number of aromatic nitrogens is 4. The average Bonchev–Trinajstić information content (AvgIpc) is 3.33. The van der Waals surface area contributed by atoms with Gasteiger partial charge >= 0.3 is 0 Å². The van der Waals surface area contributed by atoms with Crippen LogP contribution in [-0.2, 0) is 0 Å². The van der Waals surface area contributed by atoms with E-state index in [1.807, 2.05) is 36.4 Å². The van der Waals surface area contributed by atoms with Crippen LogP contribution in [0.1, 0.15) is 34.8 Å². The quantitative estimate of drug-likeness (QED) is 0.764. The maximum absolute atomic E-state index is 12.6. The summed E-state index contributed by atoms with van der Waals surface area (Å²) < 4.78 is 1.54. The van der Waals surface area contributed by atoms with Crippen molar-refractivity contribution in [2.45, 2.75) is 18.9 Å². The van der Waals surface area contributed by atoms with Crippen molar-refractivity contribution in [3.8, 4) is 5.69 Å². The van der Waals surface area contributed by atoms with Crippen LogP contribution in [0.25, 0.3) is 5.69 Å². The molecule has 1 aliphatic rings. The number of amides is 1. The Morgan fingerprint density at radius 2 is 1.84 bits per heavy atom. The molecule has 1 aliphatic carbocycles. The molecule has 2 aromatic carbocycles. The van der Waals surface area contributed by atoms with Crippen LogP contribution >= 0.6 is 11.6 Å². The molecule has 126 valence electrons. The maximum atomic E-state index is 12.6. The van der Waals surface area contributed by atoms with Gasteiger partial charge in [0, 0.05) is 10.6 Å². The fourth-order valence-corrected chi connectivity index (χ4v) is 2.97. The van der Waals surface area contributed by atoms with Gasteiger partial charge in [-0.05, 0) is 71.1 Å². The molecule has 0 spiro atoms. The van der Waals surface area contributed by atoms with Gasteiger partial charge in [-0.2, -0.15) is 0 Å². The Morgan fingerprint density at radius 1 is 1.12 bits per heavy atom. The smallest absolute Gasteiger partial charge is 0.251 e. The molecule has 25 heavy (non-hydrogen) atoms. The first-order valence-corrected chi connectivity index (χ1v) is 8.48. The van der Waals surface area contributed by atoms with Crippen molar-refractivity contribution < 1.29 is 4.79 Å². The number of nitrogens with zero attached hydrogens (tertiary/aromatic N) is 4. The van der Waals surface area contributed by atoms with Crippen molar-refractivity contribution in [3.05, 3.63) is 71.0 Å². The van der Waals surface area contributed by atoms with Gasteiger partial charge in [0.25, 0.3) is 5.91 Å². The summed E-state index contributed by atoms with van der Waals surface area (Å²) >= 11 is 5.97. The van der Waals surface area contributed by atoms with E-state index in [9.17, 15) is 4.79 Å². The monoisotopic (exact) mass is 353 g/mol. The van der Waals surface area contributed by atoms with Crippen LogP contribution < -0.4 is 5.32 Å². The molecule has 6 nitrogen and oxygen atoms in total. The lowest BCUT2D eigenvalue weighted by Crippen LogP contribution is -2.29. The molecule has 1 N–H and O–H groups in total. The van der Waals surface area contributed by atoms with Crippen LogP contribution in [0, 0.1) is 5.92 Å². The minimum Gasteiger partial charge on any atom is -0.345 e. The van der Waals surface area contributed by atoms with E-state index in [4.69, 9.17) is 11.6 Å². The van der Waals surface area contributed by atoms with E-state index in [1.54, 1.807) is 16.8 Å². The van der Waals surface area contributed by atoms with Gasteiger partial charge in [-0.15, -0.1) is 5.10 Å². The van der Waals surface area contributed by atoms with E-state index in [1.165, 1.54) is 6.33 Å². The molecule has 1 amide bonds. The molecule has 0 unspecified atom stereocenters. The highest BCUT2D eigenvalue weighted by Crippen LogP contribution is 2.41. The van der Waals surface area contributed by atoms with Crippen molar-refractivity contribution in [1.29, 1.82) is 0 Å². The molecular formula is C18H16ClN5O. The minimum absolute atomic E-state index is 0.0176. The summed E-state index contributed by atoms with van der Waals surface area (Å²) in [7, 11) is 0. The highest BCUT2D eigenvalue weighted by atomic mass is 35.5. The van der Waals surface area contributed by atoms with Crippen molar-refractivity contribution in [2.24, 2.45) is 5.92 Å². The molecular weight excluding hydrogens is 338 g/mol. The number of benzene rings is 2. The summed E-state index contributed by atoms with van der Waals surface area (Å²) in [6.45, 7) is 0. The third-order valence-electron chi connectivity index (χ3n) is 4.35. The Balaban J connectivity index is 1.50. The first-order chi connectivity index (χ1) is 12.2. The summed E-state index contributed by atoms with van der Waals surface area (Å²) in [4.78, 5) is 12.6. The zero-order valence-electron chi connectivity index (χ0n) is 13.3. The molecule has 1 aromatic heterocycles. The minimum atomic E-state index is -0.0879. The molecule has 0 saturated heterocycles. The SMILES string of the molecule is O=C(N[C@H](c1ccc(Cl)cc1)C1CC1)c1ccc(-n2cnnn2)cc1. The van der Waals surface area contributed by atoms with Crippen LogP contribution in [0.15, 0.2) is 54.9 Å². The number of hydrogen-bond donors (Lipinski definition) is 1. The first kappa shape index (κ1) is 15.8. The molecule has 7 heteroatoms. The van der Waals surface area contributed by atoms with Gasteiger partial charge in [0.05, 0.1) is 11.7 Å². The standard InChI is InChI=1S/C18H16ClN5O/c19-15-7-3-13(4-8-15)17(12-1-2-12)21-18(25)14-5-9-16(10-6-14)24-11-20-22-23-24/h3-12,17H,1-2H2,(H,21,25)/t17-/m0/s1. The molecule has 1 atom stereocenters. The fraction of sp³-hybridized carbons (Fsp3) is 0.222. The predicted molar refractivity (Wildman–Crippen MR) is 93.5 cm³/mol. The van der Waals surface area contributed by atoms with Crippen LogP contribution in [-0.4, -0.2) is 26.1 Å². The third kappa shape index (κ3) is 3.53. The van der Waals surface area contributed by atoms with E-state index in [-0.39, 0.29) is 11.9 Å². The van der Waals surface area contributed by atoms with Crippen LogP contribution in [0.2, 0.25) is 5.02 Å². The van der Waals surface area contributed by atoms with Crippen molar-refractivity contribution in [3.63, 3.8) is 0 Å². The summed E-state index contributed by atoms with van der Waals surface area (Å²) in [6, 6.07) is 14.9. The summed E-state index contributed by atoms with van der Waals surface area (Å²) in [5.74, 6) is 0.403. The van der Waals surface area contributed by atoms with E-state index >= 15 is 0 Å². The van der Waals surface area contributed by atoms with Crippen molar-refractivity contribution in [1.82, 2.24) is 25.5 Å². The highest BCUT2D eigenvalue weighted by Gasteiger charge is 2.33. The second kappa shape index (κ2) is 6.64. The lowest BCUT2D eigenvalue weighted by molar-refractivity contribution is 0.0931. The van der Waals surface area contributed by atoms with Crippen LogP contribution in [0.4, 0.5) is 0 Å². The Bertz CT molecular complexity index is 857. The van der Waals surface area contributed by atoms with Gasteiger partial charge in [0.15, 0.2) is 0 Å². The van der Waals surface area contributed by atoms with E-state index < -0.39 is 0 Å². The van der Waals surface area contributed by atoms with Crippen LogP contribution in [0.3, 0.4) is 0 Å². The second-order valence-electron chi connectivity index (χ2n) is 6.14. The number of carbonyl (C=O) groups excluding carboxylic acids is 1. The molecule has 0 aliphatic heterocycles. The largest absolute Gasteiger partial charge is 0.345 e. The van der Waals surface area contributed by atoms with Crippen molar-refractivity contribution in [2.75, 3.05) is 0 Å². The number of rotatable bonds is 5. The van der Waals surface area contributed by atoms with Crippen molar-refractivity contribution >= 4 is 17.5 Å². The van der Waals surface area contributed by atoms with Gasteiger partial charge in [0.2, 0.25) is 0 Å². The fourth-order valence-electron chi connectivity index (χ4n) is 2.84. The molecule has 4 rings (SSSR count). The summed E-state index contributed by atoms with van der Waals surface area (Å²) in [6.07, 6.45) is 3.77. The normalized spacial score (nSPS) is 14.9.